The van der Waals surface area contributed by atoms with E-state index in [1.54, 1.807) is 12.1 Å². The summed E-state index contributed by atoms with van der Waals surface area (Å²) in [6.45, 7) is 1.78. The van der Waals surface area contributed by atoms with E-state index in [9.17, 15) is 17.2 Å². The quantitative estimate of drug-likeness (QED) is 0.830. The van der Waals surface area contributed by atoms with E-state index in [4.69, 9.17) is 4.52 Å². The summed E-state index contributed by atoms with van der Waals surface area (Å²) in [6.07, 6.45) is 2.19. The zero-order chi connectivity index (χ0) is 16.4. The van der Waals surface area contributed by atoms with Gasteiger partial charge in [-0.2, -0.15) is 13.8 Å². The highest BCUT2D eigenvalue weighted by Gasteiger charge is 2.24. The molecule has 0 atom stereocenters. The van der Waals surface area contributed by atoms with Crippen molar-refractivity contribution in [2.24, 2.45) is 0 Å². The molecule has 2 aromatic rings. The van der Waals surface area contributed by atoms with Gasteiger partial charge in [-0.3, -0.25) is 0 Å². The number of benzene rings is 1. The SMILES string of the molecule is O=S(=O)(Cc1ccc(-c2nc(N3CCCC3)no2)cc1)C(F)F. The lowest BCUT2D eigenvalue weighted by atomic mass is 10.1. The molecule has 0 spiro atoms. The van der Waals surface area contributed by atoms with Crippen LogP contribution in [0, 0.1) is 0 Å². The van der Waals surface area contributed by atoms with Crippen molar-refractivity contribution >= 4 is 15.8 Å². The van der Waals surface area contributed by atoms with Gasteiger partial charge < -0.3 is 9.42 Å². The van der Waals surface area contributed by atoms with Crippen LogP contribution in [0.4, 0.5) is 14.7 Å². The Morgan fingerprint density at radius 1 is 1.17 bits per heavy atom. The van der Waals surface area contributed by atoms with Gasteiger partial charge in [0, 0.05) is 18.7 Å². The van der Waals surface area contributed by atoms with Gasteiger partial charge >= 0.3 is 5.76 Å². The molecule has 0 N–H and O–H groups in total. The van der Waals surface area contributed by atoms with E-state index in [0.717, 1.165) is 25.9 Å². The van der Waals surface area contributed by atoms with Crippen LogP contribution in [0.25, 0.3) is 11.5 Å². The molecule has 0 unspecified atom stereocenters. The predicted molar refractivity (Wildman–Crippen MR) is 79.8 cm³/mol. The lowest BCUT2D eigenvalue weighted by Crippen LogP contribution is -2.18. The summed E-state index contributed by atoms with van der Waals surface area (Å²) in [4.78, 5) is 6.33. The number of rotatable bonds is 5. The smallest absolute Gasteiger partial charge is 0.337 e. The van der Waals surface area contributed by atoms with Crippen LogP contribution < -0.4 is 4.90 Å². The molecule has 2 heterocycles. The van der Waals surface area contributed by atoms with Crippen LogP contribution in [0.3, 0.4) is 0 Å². The molecule has 0 radical (unpaired) electrons. The number of hydrogen-bond acceptors (Lipinski definition) is 6. The Bertz CT molecular complexity index is 769. The third-order valence-corrected chi connectivity index (χ3v) is 4.92. The van der Waals surface area contributed by atoms with Crippen molar-refractivity contribution in [3.05, 3.63) is 29.8 Å². The maximum absolute atomic E-state index is 12.4. The molecule has 124 valence electrons. The number of anilines is 1. The molecule has 1 aliphatic rings. The summed E-state index contributed by atoms with van der Waals surface area (Å²) in [6, 6.07) is 6.10. The fourth-order valence-electron chi connectivity index (χ4n) is 2.42. The van der Waals surface area contributed by atoms with E-state index >= 15 is 0 Å². The van der Waals surface area contributed by atoms with Gasteiger partial charge in [-0.25, -0.2) is 8.42 Å². The summed E-state index contributed by atoms with van der Waals surface area (Å²) in [5.74, 6) is -3.23. The minimum absolute atomic E-state index is 0.285. The number of nitrogens with zero attached hydrogens (tertiary/aromatic N) is 3. The summed E-state index contributed by atoms with van der Waals surface area (Å²) in [5, 5.41) is 3.92. The largest absolute Gasteiger partial charge is 0.338 e. The first-order valence-corrected chi connectivity index (χ1v) is 8.85. The van der Waals surface area contributed by atoms with Crippen LogP contribution in [-0.4, -0.2) is 37.4 Å². The summed E-state index contributed by atoms with van der Waals surface area (Å²) < 4.78 is 52.4. The average molecular weight is 343 g/mol. The highest BCUT2D eigenvalue weighted by Crippen LogP contribution is 2.23. The minimum atomic E-state index is -4.43. The molecule has 6 nitrogen and oxygen atoms in total. The van der Waals surface area contributed by atoms with Gasteiger partial charge in [-0.1, -0.05) is 12.1 Å². The Hall–Kier alpha value is -2.03. The maximum Gasteiger partial charge on any atom is 0.337 e. The summed E-state index contributed by atoms with van der Waals surface area (Å²) in [5.41, 5.74) is 0.898. The first-order valence-electron chi connectivity index (χ1n) is 7.13. The number of aromatic nitrogens is 2. The van der Waals surface area contributed by atoms with Gasteiger partial charge in [0.05, 0.1) is 5.75 Å². The summed E-state index contributed by atoms with van der Waals surface area (Å²) in [7, 11) is -4.43. The molecule has 0 saturated carbocycles. The molecular weight excluding hydrogens is 328 g/mol. The van der Waals surface area contributed by atoms with Gasteiger partial charge in [0.25, 0.3) is 11.8 Å². The summed E-state index contributed by atoms with van der Waals surface area (Å²) >= 11 is 0. The molecule has 0 amide bonds. The molecule has 9 heteroatoms. The molecule has 1 saturated heterocycles. The van der Waals surface area contributed by atoms with Crippen molar-refractivity contribution in [1.82, 2.24) is 10.1 Å². The van der Waals surface area contributed by atoms with Crippen molar-refractivity contribution < 1.29 is 21.7 Å². The van der Waals surface area contributed by atoms with E-state index < -0.39 is 21.3 Å². The number of sulfone groups is 1. The van der Waals surface area contributed by atoms with Crippen LogP contribution >= 0.6 is 0 Å². The Morgan fingerprint density at radius 2 is 1.83 bits per heavy atom. The molecule has 1 aromatic carbocycles. The van der Waals surface area contributed by atoms with E-state index in [1.807, 2.05) is 4.90 Å². The van der Waals surface area contributed by atoms with E-state index in [0.29, 0.717) is 17.4 Å². The van der Waals surface area contributed by atoms with E-state index in [2.05, 4.69) is 10.1 Å². The Balaban J connectivity index is 1.74. The Labute approximate surface area is 132 Å². The normalized spacial score (nSPS) is 15.5. The number of alkyl halides is 2. The Morgan fingerprint density at radius 3 is 2.43 bits per heavy atom. The molecule has 1 aliphatic heterocycles. The maximum atomic E-state index is 12.4. The zero-order valence-electron chi connectivity index (χ0n) is 12.2. The fourth-order valence-corrected chi connectivity index (χ4v) is 3.20. The third-order valence-electron chi connectivity index (χ3n) is 3.64. The van der Waals surface area contributed by atoms with Crippen molar-refractivity contribution in [2.45, 2.75) is 24.4 Å². The predicted octanol–water partition coefficient (Wildman–Crippen LogP) is 2.47. The lowest BCUT2D eigenvalue weighted by Gasteiger charge is -2.09. The third kappa shape index (κ3) is 3.49. The molecule has 1 fully saturated rings. The highest BCUT2D eigenvalue weighted by molar-refractivity contribution is 7.90. The molecule has 3 rings (SSSR count). The number of hydrogen-bond donors (Lipinski definition) is 0. The van der Waals surface area contributed by atoms with Crippen LogP contribution in [0.2, 0.25) is 0 Å². The highest BCUT2D eigenvalue weighted by atomic mass is 32.2. The molecular formula is C14H15F2N3O3S. The van der Waals surface area contributed by atoms with Gasteiger partial charge in [-0.15, -0.1) is 0 Å². The van der Waals surface area contributed by atoms with Crippen LogP contribution in [-0.2, 0) is 15.6 Å². The van der Waals surface area contributed by atoms with Crippen LogP contribution in [0.5, 0.6) is 0 Å². The van der Waals surface area contributed by atoms with Crippen molar-refractivity contribution in [2.75, 3.05) is 18.0 Å². The monoisotopic (exact) mass is 343 g/mol. The number of halogens is 2. The van der Waals surface area contributed by atoms with Gasteiger partial charge in [-0.05, 0) is 35.7 Å². The first-order chi connectivity index (χ1) is 11.0. The van der Waals surface area contributed by atoms with Crippen molar-refractivity contribution in [1.29, 1.82) is 0 Å². The second-order valence-electron chi connectivity index (χ2n) is 5.36. The minimum Gasteiger partial charge on any atom is -0.338 e. The Kier molecular flexibility index (Phi) is 4.29. The standard InChI is InChI=1S/C14H15F2N3O3S/c15-13(16)23(20,21)9-10-3-5-11(6-4-10)12-17-14(18-22-12)19-7-1-2-8-19/h3-6,13H,1-2,7-9H2. The average Bonchev–Trinajstić information content (AvgIpc) is 3.19. The van der Waals surface area contributed by atoms with Gasteiger partial charge in [0.1, 0.15) is 0 Å². The fraction of sp³-hybridized carbons (Fsp3) is 0.429. The van der Waals surface area contributed by atoms with Crippen LogP contribution in [0.15, 0.2) is 28.8 Å². The van der Waals surface area contributed by atoms with E-state index in [-0.39, 0.29) is 5.56 Å². The molecule has 0 aliphatic carbocycles. The molecule has 1 aromatic heterocycles. The second-order valence-corrected chi connectivity index (χ2v) is 7.33. The van der Waals surface area contributed by atoms with Crippen LogP contribution in [0.1, 0.15) is 18.4 Å². The second kappa shape index (κ2) is 6.23. The van der Waals surface area contributed by atoms with Gasteiger partial charge in [0.15, 0.2) is 0 Å². The van der Waals surface area contributed by atoms with Crippen molar-refractivity contribution in [3.8, 4) is 11.5 Å². The lowest BCUT2D eigenvalue weighted by molar-refractivity contribution is 0.234. The van der Waals surface area contributed by atoms with E-state index in [1.165, 1.54) is 12.1 Å². The first kappa shape index (κ1) is 15.9. The molecule has 23 heavy (non-hydrogen) atoms. The topological polar surface area (TPSA) is 76.3 Å². The zero-order valence-corrected chi connectivity index (χ0v) is 13.0. The van der Waals surface area contributed by atoms with Crippen molar-refractivity contribution in [3.63, 3.8) is 0 Å². The molecule has 0 bridgehead atoms. The van der Waals surface area contributed by atoms with Gasteiger partial charge in [0.2, 0.25) is 9.84 Å².